The Morgan fingerprint density at radius 2 is 2.12 bits per heavy atom. The van der Waals surface area contributed by atoms with Gasteiger partial charge in [0.15, 0.2) is 0 Å². The summed E-state index contributed by atoms with van der Waals surface area (Å²) in [6.07, 6.45) is -1.12. The summed E-state index contributed by atoms with van der Waals surface area (Å²) >= 11 is 0. The number of aromatic nitrogens is 1. The second-order valence-corrected chi connectivity index (χ2v) is 9.43. The molecule has 3 heterocycles. The molecule has 1 aromatic rings. The van der Waals surface area contributed by atoms with Gasteiger partial charge in [0.1, 0.15) is 0 Å². The zero-order valence-corrected chi connectivity index (χ0v) is 20.0. The van der Waals surface area contributed by atoms with Crippen molar-refractivity contribution in [3.05, 3.63) is 29.1 Å². The van der Waals surface area contributed by atoms with Gasteiger partial charge in [-0.2, -0.15) is 13.2 Å². The average Bonchev–Trinajstić information content (AvgIpc) is 3.26. The molecule has 0 N–H and O–H groups in total. The number of alkyl halides is 3. The number of carbonyl (C=O) groups is 1. The highest BCUT2D eigenvalue weighted by Crippen LogP contribution is 2.37. The van der Waals surface area contributed by atoms with Crippen molar-refractivity contribution in [2.45, 2.75) is 69.6 Å². The zero-order chi connectivity index (χ0) is 24.5. The van der Waals surface area contributed by atoms with Gasteiger partial charge in [-0.15, -0.1) is 0 Å². The Labute approximate surface area is 198 Å². The van der Waals surface area contributed by atoms with Gasteiger partial charge >= 0.3 is 6.18 Å². The number of pyridine rings is 1. The smallest absolute Gasteiger partial charge is 0.379 e. The lowest BCUT2D eigenvalue weighted by molar-refractivity contribution is -0.140. The Kier molecular flexibility index (Phi) is 7.81. The quantitative estimate of drug-likeness (QED) is 0.618. The molecule has 2 aliphatic heterocycles. The topological polar surface area (TPSA) is 64.1 Å². The maximum Gasteiger partial charge on any atom is 0.417 e. The lowest BCUT2D eigenvalue weighted by Gasteiger charge is -2.40. The first-order valence-electron chi connectivity index (χ1n) is 12.0. The summed E-state index contributed by atoms with van der Waals surface area (Å²) in [5.41, 5.74) is 0.325. The molecule has 7 nitrogen and oxygen atoms in total. The fourth-order valence-corrected chi connectivity index (χ4v) is 5.63. The summed E-state index contributed by atoms with van der Waals surface area (Å²) in [7, 11) is 3.77. The first kappa shape index (κ1) is 25.3. The number of halogens is 3. The molecule has 2 fully saturated rings. The molecule has 1 saturated carbocycles. The summed E-state index contributed by atoms with van der Waals surface area (Å²) < 4.78 is 56.7. The van der Waals surface area contributed by atoms with Gasteiger partial charge in [-0.3, -0.25) is 14.7 Å². The highest BCUT2D eigenvalue weighted by Gasteiger charge is 2.45. The standard InChI is InChI=1S/C24H34F3N3O4/c1-4-34-21-11-17(29(2)20-6-8-33-14-22(20)32-3)10-18(21)23(31)30-7-5-19-15(13-30)9-16(12-28-19)24(25,26)27/h9,12,17-18,20-22H,4-8,10-11,13-14H2,1-3H3/t17?,18?,20?,21-,22?/m1/s1. The van der Waals surface area contributed by atoms with Gasteiger partial charge in [0.2, 0.25) is 5.91 Å². The molecule has 3 aliphatic rings. The van der Waals surface area contributed by atoms with Gasteiger partial charge in [0, 0.05) is 63.8 Å². The number of amides is 1. The van der Waals surface area contributed by atoms with E-state index in [0.29, 0.717) is 50.5 Å². The summed E-state index contributed by atoms with van der Waals surface area (Å²) in [6.45, 7) is 4.25. The van der Waals surface area contributed by atoms with Crippen LogP contribution in [-0.4, -0.2) is 85.5 Å². The second kappa shape index (κ2) is 10.5. The number of hydrogen-bond acceptors (Lipinski definition) is 6. The molecule has 1 aliphatic carbocycles. The molecule has 0 radical (unpaired) electrons. The fourth-order valence-electron chi connectivity index (χ4n) is 5.63. The molecule has 4 rings (SSSR count). The summed E-state index contributed by atoms with van der Waals surface area (Å²) in [4.78, 5) is 21.6. The Bertz CT molecular complexity index is 868. The molecular formula is C24H34F3N3O4. The van der Waals surface area contributed by atoms with E-state index < -0.39 is 11.7 Å². The van der Waals surface area contributed by atoms with E-state index in [1.807, 2.05) is 6.92 Å². The van der Waals surface area contributed by atoms with Crippen LogP contribution in [0.3, 0.4) is 0 Å². The van der Waals surface area contributed by atoms with Crippen molar-refractivity contribution in [1.82, 2.24) is 14.8 Å². The van der Waals surface area contributed by atoms with Crippen LogP contribution in [0.1, 0.15) is 43.0 Å². The predicted octanol–water partition coefficient (Wildman–Crippen LogP) is 2.90. The van der Waals surface area contributed by atoms with Gasteiger partial charge in [0.05, 0.1) is 30.3 Å². The highest BCUT2D eigenvalue weighted by molar-refractivity contribution is 5.80. The van der Waals surface area contributed by atoms with E-state index in [2.05, 4.69) is 16.9 Å². The van der Waals surface area contributed by atoms with Crippen molar-refractivity contribution in [2.24, 2.45) is 5.92 Å². The number of methoxy groups -OCH3 is 1. The number of fused-ring (bicyclic) bond motifs is 1. The molecule has 1 amide bonds. The van der Waals surface area contributed by atoms with Crippen LogP contribution in [0.2, 0.25) is 0 Å². The molecule has 0 spiro atoms. The maximum atomic E-state index is 13.6. The number of likely N-dealkylation sites (N-methyl/N-ethyl adjacent to an activating group) is 1. The van der Waals surface area contributed by atoms with Gasteiger partial charge in [-0.25, -0.2) is 0 Å². The van der Waals surface area contributed by atoms with Crippen LogP contribution in [0.4, 0.5) is 13.2 Å². The SMILES string of the molecule is CCO[C@@H]1CC(N(C)C2CCOCC2OC)CC1C(=O)N1CCc2ncc(C(F)(F)F)cc2C1. The summed E-state index contributed by atoms with van der Waals surface area (Å²) in [5, 5.41) is 0. The number of rotatable bonds is 6. The maximum absolute atomic E-state index is 13.6. The third-order valence-electron chi connectivity index (χ3n) is 7.53. The Morgan fingerprint density at radius 3 is 2.82 bits per heavy atom. The van der Waals surface area contributed by atoms with Gasteiger partial charge in [0.25, 0.3) is 0 Å². The molecule has 0 aromatic carbocycles. The highest BCUT2D eigenvalue weighted by atomic mass is 19.4. The third kappa shape index (κ3) is 5.24. The van der Waals surface area contributed by atoms with Crippen LogP contribution < -0.4 is 0 Å². The monoisotopic (exact) mass is 485 g/mol. The lowest BCUT2D eigenvalue weighted by atomic mass is 9.98. The van der Waals surface area contributed by atoms with Gasteiger partial charge in [-0.05, 0) is 44.9 Å². The van der Waals surface area contributed by atoms with Gasteiger partial charge in [-0.1, -0.05) is 0 Å². The first-order valence-corrected chi connectivity index (χ1v) is 12.0. The van der Waals surface area contributed by atoms with Crippen LogP contribution in [-0.2, 0) is 38.1 Å². The Morgan fingerprint density at radius 1 is 1.32 bits per heavy atom. The second-order valence-electron chi connectivity index (χ2n) is 9.43. The van der Waals surface area contributed by atoms with Crippen molar-refractivity contribution in [3.63, 3.8) is 0 Å². The van der Waals surface area contributed by atoms with E-state index in [1.54, 1.807) is 12.0 Å². The van der Waals surface area contributed by atoms with Crippen LogP contribution in [0.5, 0.6) is 0 Å². The average molecular weight is 486 g/mol. The molecule has 1 saturated heterocycles. The van der Waals surface area contributed by atoms with E-state index in [4.69, 9.17) is 14.2 Å². The molecule has 1 aromatic heterocycles. The normalized spacial score (nSPS) is 30.0. The van der Waals surface area contributed by atoms with Crippen LogP contribution >= 0.6 is 0 Å². The van der Waals surface area contributed by atoms with Crippen LogP contribution in [0.15, 0.2) is 12.3 Å². The van der Waals surface area contributed by atoms with Crippen molar-refractivity contribution in [1.29, 1.82) is 0 Å². The fraction of sp³-hybridized carbons (Fsp3) is 0.750. The number of hydrogen-bond donors (Lipinski definition) is 0. The van der Waals surface area contributed by atoms with E-state index in [9.17, 15) is 18.0 Å². The van der Waals surface area contributed by atoms with E-state index in [1.165, 1.54) is 0 Å². The first-order chi connectivity index (χ1) is 16.2. The van der Waals surface area contributed by atoms with Crippen molar-refractivity contribution in [2.75, 3.05) is 40.5 Å². The lowest BCUT2D eigenvalue weighted by Crippen LogP contribution is -2.51. The van der Waals surface area contributed by atoms with Crippen LogP contribution in [0, 0.1) is 5.92 Å². The van der Waals surface area contributed by atoms with E-state index in [-0.39, 0.29) is 42.7 Å². The number of ether oxygens (including phenoxy) is 3. The van der Waals surface area contributed by atoms with E-state index in [0.717, 1.165) is 25.1 Å². The molecule has 10 heteroatoms. The molecule has 190 valence electrons. The molecule has 4 unspecified atom stereocenters. The largest absolute Gasteiger partial charge is 0.417 e. The van der Waals surface area contributed by atoms with E-state index >= 15 is 0 Å². The minimum atomic E-state index is -4.46. The molecular weight excluding hydrogens is 451 g/mol. The van der Waals surface area contributed by atoms with Crippen LogP contribution in [0.25, 0.3) is 0 Å². The Balaban J connectivity index is 1.47. The van der Waals surface area contributed by atoms with Crippen molar-refractivity contribution < 1.29 is 32.2 Å². The van der Waals surface area contributed by atoms with Gasteiger partial charge < -0.3 is 19.1 Å². The number of carbonyl (C=O) groups excluding carboxylic acids is 1. The number of nitrogens with zero attached hydrogens (tertiary/aromatic N) is 3. The zero-order valence-electron chi connectivity index (χ0n) is 20.0. The minimum absolute atomic E-state index is 0.0204. The Hall–Kier alpha value is -1.75. The van der Waals surface area contributed by atoms with Crippen molar-refractivity contribution in [3.8, 4) is 0 Å². The molecule has 34 heavy (non-hydrogen) atoms. The molecule has 0 bridgehead atoms. The third-order valence-corrected chi connectivity index (χ3v) is 7.53. The van der Waals surface area contributed by atoms with Crippen molar-refractivity contribution >= 4 is 5.91 Å². The minimum Gasteiger partial charge on any atom is -0.379 e. The molecule has 5 atom stereocenters. The summed E-state index contributed by atoms with van der Waals surface area (Å²) in [5.74, 6) is -0.374. The summed E-state index contributed by atoms with van der Waals surface area (Å²) in [6, 6.07) is 1.48. The predicted molar refractivity (Wildman–Crippen MR) is 118 cm³/mol.